The Bertz CT molecular complexity index is 308. The predicted octanol–water partition coefficient (Wildman–Crippen LogP) is 2.45. The second-order valence-electron chi connectivity index (χ2n) is 4.26. The SMILES string of the molecule is c1c2c(nc3c1CCC3)CCCC2. The fraction of sp³-hybridized carbons (Fsp3) is 0.583. The van der Waals surface area contributed by atoms with E-state index in [1.807, 2.05) is 0 Å². The maximum Gasteiger partial charge on any atom is 0.0439 e. The van der Waals surface area contributed by atoms with Gasteiger partial charge in [0.1, 0.15) is 0 Å². The van der Waals surface area contributed by atoms with E-state index in [1.54, 1.807) is 11.1 Å². The summed E-state index contributed by atoms with van der Waals surface area (Å²) < 4.78 is 0. The van der Waals surface area contributed by atoms with Crippen LogP contribution in [0.1, 0.15) is 41.8 Å². The summed E-state index contributed by atoms with van der Waals surface area (Å²) in [6.07, 6.45) is 9.04. The first-order valence-corrected chi connectivity index (χ1v) is 5.44. The molecule has 1 aromatic heterocycles. The fourth-order valence-corrected chi connectivity index (χ4v) is 2.60. The minimum atomic E-state index is 1.22. The Morgan fingerprint density at radius 3 is 2.23 bits per heavy atom. The van der Waals surface area contributed by atoms with Crippen molar-refractivity contribution in [1.29, 1.82) is 0 Å². The van der Waals surface area contributed by atoms with Crippen molar-refractivity contribution in [2.24, 2.45) is 0 Å². The summed E-state index contributed by atoms with van der Waals surface area (Å²) in [7, 11) is 0. The highest BCUT2D eigenvalue weighted by molar-refractivity contribution is 5.34. The smallest absolute Gasteiger partial charge is 0.0439 e. The summed E-state index contributed by atoms with van der Waals surface area (Å²) in [6, 6.07) is 2.43. The molecule has 0 aromatic carbocycles. The number of rotatable bonds is 0. The molecule has 0 unspecified atom stereocenters. The third kappa shape index (κ3) is 1.18. The van der Waals surface area contributed by atoms with Crippen LogP contribution in [0.5, 0.6) is 0 Å². The quantitative estimate of drug-likeness (QED) is 0.587. The van der Waals surface area contributed by atoms with Crippen LogP contribution < -0.4 is 0 Å². The first-order valence-electron chi connectivity index (χ1n) is 5.44. The van der Waals surface area contributed by atoms with Crippen molar-refractivity contribution in [1.82, 2.24) is 4.98 Å². The van der Waals surface area contributed by atoms with Crippen LogP contribution in [0.15, 0.2) is 6.07 Å². The normalized spacial score (nSPS) is 19.7. The van der Waals surface area contributed by atoms with Crippen LogP contribution in [0.3, 0.4) is 0 Å². The third-order valence-corrected chi connectivity index (χ3v) is 3.33. The van der Waals surface area contributed by atoms with E-state index < -0.39 is 0 Å². The zero-order chi connectivity index (χ0) is 8.67. The molecule has 2 aliphatic rings. The van der Waals surface area contributed by atoms with E-state index in [0.29, 0.717) is 0 Å². The van der Waals surface area contributed by atoms with Crippen LogP contribution in [-0.2, 0) is 25.7 Å². The van der Waals surface area contributed by atoms with Gasteiger partial charge in [0.25, 0.3) is 0 Å². The van der Waals surface area contributed by atoms with Crippen molar-refractivity contribution in [3.05, 3.63) is 28.6 Å². The molecule has 2 aliphatic carbocycles. The van der Waals surface area contributed by atoms with Gasteiger partial charge in [0, 0.05) is 11.4 Å². The Balaban J connectivity index is 2.11. The van der Waals surface area contributed by atoms with Gasteiger partial charge in [0.05, 0.1) is 0 Å². The maximum atomic E-state index is 4.79. The summed E-state index contributed by atoms with van der Waals surface area (Å²) in [5.74, 6) is 0. The maximum absolute atomic E-state index is 4.79. The highest BCUT2D eigenvalue weighted by atomic mass is 14.7. The Hall–Kier alpha value is -0.850. The first kappa shape index (κ1) is 7.54. The Kier molecular flexibility index (Phi) is 1.64. The van der Waals surface area contributed by atoms with E-state index in [1.165, 1.54) is 56.3 Å². The molecule has 1 heteroatoms. The molecule has 1 nitrogen and oxygen atoms in total. The molecule has 13 heavy (non-hydrogen) atoms. The zero-order valence-electron chi connectivity index (χ0n) is 7.97. The van der Waals surface area contributed by atoms with Crippen molar-refractivity contribution in [2.45, 2.75) is 44.9 Å². The van der Waals surface area contributed by atoms with Gasteiger partial charge in [-0.15, -0.1) is 0 Å². The van der Waals surface area contributed by atoms with Gasteiger partial charge >= 0.3 is 0 Å². The molecule has 0 atom stereocenters. The highest BCUT2D eigenvalue weighted by Gasteiger charge is 2.17. The van der Waals surface area contributed by atoms with Crippen molar-refractivity contribution >= 4 is 0 Å². The van der Waals surface area contributed by atoms with Crippen LogP contribution >= 0.6 is 0 Å². The van der Waals surface area contributed by atoms with E-state index >= 15 is 0 Å². The summed E-state index contributed by atoms with van der Waals surface area (Å²) in [5.41, 5.74) is 5.90. The molecule has 0 amide bonds. The van der Waals surface area contributed by atoms with E-state index in [-0.39, 0.29) is 0 Å². The average molecular weight is 173 g/mol. The monoisotopic (exact) mass is 173 g/mol. The summed E-state index contributed by atoms with van der Waals surface area (Å²) in [5, 5.41) is 0. The van der Waals surface area contributed by atoms with Crippen molar-refractivity contribution in [3.8, 4) is 0 Å². The van der Waals surface area contributed by atoms with Gasteiger partial charge in [0.2, 0.25) is 0 Å². The molecule has 68 valence electrons. The first-order chi connectivity index (χ1) is 6.43. The van der Waals surface area contributed by atoms with E-state index in [0.717, 1.165) is 0 Å². The number of aryl methyl sites for hydroxylation is 4. The second kappa shape index (κ2) is 2.83. The van der Waals surface area contributed by atoms with Gasteiger partial charge in [-0.1, -0.05) is 6.07 Å². The second-order valence-corrected chi connectivity index (χ2v) is 4.26. The lowest BCUT2D eigenvalue weighted by Gasteiger charge is -2.15. The minimum absolute atomic E-state index is 1.22. The Morgan fingerprint density at radius 2 is 1.38 bits per heavy atom. The summed E-state index contributed by atoms with van der Waals surface area (Å²) in [4.78, 5) is 4.79. The summed E-state index contributed by atoms with van der Waals surface area (Å²) in [6.45, 7) is 0. The van der Waals surface area contributed by atoms with Crippen LogP contribution in [0, 0.1) is 0 Å². The van der Waals surface area contributed by atoms with Crippen molar-refractivity contribution in [2.75, 3.05) is 0 Å². The standard InChI is InChI=1S/C12H15N/c1-2-6-11-9(4-1)8-10-5-3-7-12(10)13-11/h8H,1-7H2. The largest absolute Gasteiger partial charge is 0.257 e. The lowest BCUT2D eigenvalue weighted by molar-refractivity contribution is 0.664. The number of aromatic nitrogens is 1. The number of nitrogens with zero attached hydrogens (tertiary/aromatic N) is 1. The van der Waals surface area contributed by atoms with E-state index in [9.17, 15) is 0 Å². The van der Waals surface area contributed by atoms with Crippen LogP contribution in [-0.4, -0.2) is 4.98 Å². The van der Waals surface area contributed by atoms with Gasteiger partial charge in [-0.05, 0) is 56.1 Å². The van der Waals surface area contributed by atoms with Crippen LogP contribution in [0.2, 0.25) is 0 Å². The molecule has 0 fully saturated rings. The Morgan fingerprint density at radius 1 is 0.769 bits per heavy atom. The summed E-state index contributed by atoms with van der Waals surface area (Å²) >= 11 is 0. The average Bonchev–Trinajstić information content (AvgIpc) is 2.61. The molecule has 0 spiro atoms. The minimum Gasteiger partial charge on any atom is -0.257 e. The molecule has 0 N–H and O–H groups in total. The highest BCUT2D eigenvalue weighted by Crippen LogP contribution is 2.26. The van der Waals surface area contributed by atoms with Crippen molar-refractivity contribution in [3.63, 3.8) is 0 Å². The molecular weight excluding hydrogens is 158 g/mol. The van der Waals surface area contributed by atoms with E-state index in [4.69, 9.17) is 4.98 Å². The van der Waals surface area contributed by atoms with E-state index in [2.05, 4.69) is 6.07 Å². The number of hydrogen-bond acceptors (Lipinski definition) is 1. The van der Waals surface area contributed by atoms with Crippen LogP contribution in [0.4, 0.5) is 0 Å². The van der Waals surface area contributed by atoms with Crippen molar-refractivity contribution < 1.29 is 0 Å². The number of pyridine rings is 1. The van der Waals surface area contributed by atoms with Gasteiger partial charge in [-0.25, -0.2) is 0 Å². The molecular formula is C12H15N. The van der Waals surface area contributed by atoms with Gasteiger partial charge in [-0.3, -0.25) is 4.98 Å². The molecule has 0 saturated carbocycles. The zero-order valence-corrected chi connectivity index (χ0v) is 7.97. The Labute approximate surface area is 79.2 Å². The molecule has 0 aliphatic heterocycles. The van der Waals surface area contributed by atoms with Gasteiger partial charge < -0.3 is 0 Å². The van der Waals surface area contributed by atoms with Crippen LogP contribution in [0.25, 0.3) is 0 Å². The molecule has 0 radical (unpaired) electrons. The van der Waals surface area contributed by atoms with Gasteiger partial charge in [0.15, 0.2) is 0 Å². The lowest BCUT2D eigenvalue weighted by atomic mass is 9.94. The molecule has 3 rings (SSSR count). The molecule has 0 bridgehead atoms. The predicted molar refractivity (Wildman–Crippen MR) is 52.9 cm³/mol. The third-order valence-electron chi connectivity index (χ3n) is 3.33. The fourth-order valence-electron chi connectivity index (χ4n) is 2.60. The molecule has 1 heterocycles. The van der Waals surface area contributed by atoms with Gasteiger partial charge in [-0.2, -0.15) is 0 Å². The number of hydrogen-bond donors (Lipinski definition) is 0. The topological polar surface area (TPSA) is 12.9 Å². The number of fused-ring (bicyclic) bond motifs is 2. The molecule has 0 saturated heterocycles. The molecule has 1 aromatic rings. The lowest BCUT2D eigenvalue weighted by Crippen LogP contribution is -2.07.